The number of nitriles is 1. The fraction of sp³-hybridized carbons (Fsp3) is 0.433. The molecule has 3 fully saturated rings. The molecule has 0 unspecified atom stereocenters. The average molecular weight is 1140 g/mol. The summed E-state index contributed by atoms with van der Waals surface area (Å²) < 4.78 is 47.1. The van der Waals surface area contributed by atoms with Crippen molar-refractivity contribution in [3.8, 4) is 40.7 Å². The molecule has 0 saturated carbocycles. The summed E-state index contributed by atoms with van der Waals surface area (Å²) in [5.74, 6) is -1.21. The van der Waals surface area contributed by atoms with Crippen LogP contribution in [0.15, 0.2) is 85.5 Å². The van der Waals surface area contributed by atoms with E-state index in [-0.39, 0.29) is 65.0 Å². The number of carbonyl (C=O) groups is 3. The van der Waals surface area contributed by atoms with Gasteiger partial charge in [-0.25, -0.2) is 0 Å². The second kappa shape index (κ2) is 24.6. The van der Waals surface area contributed by atoms with Gasteiger partial charge in [-0.1, -0.05) is 68.4 Å². The van der Waals surface area contributed by atoms with Crippen LogP contribution in [0.2, 0.25) is 5.02 Å². The van der Waals surface area contributed by atoms with Crippen molar-refractivity contribution < 1.29 is 42.5 Å². The molecule has 3 N–H and O–H groups in total. The molecule has 3 amide bonds. The standard InChI is InChI=1S/C60H66ClF3N12O6/c1-4-52(79)75-28-27-74(34-43(75)15-21-65)54-44-20-26-73(49-10-6-8-40-7-5-9-47(61)53(40)49)35-48(44)67-59(68-54)82-30-29-71-22-18-41(19-23-71)58(81)72-24-16-39(17-25-72)31-38-11-13-42(14-12-38)76-55(46-32-45(37(2)3)50(77)33-51(46)78)69-70-56(76)57(80)66-36-60(62,63)64/h4-14,32-33,37,39,41,43,77-78H,1,15-20,22-31,34-36H2,2-3H3,(H,66,80)/t43-/m0/s1. The first-order valence-electron chi connectivity index (χ1n) is 27.9. The lowest BCUT2D eigenvalue weighted by molar-refractivity contribution is -0.138. The molecule has 4 aliphatic heterocycles. The molecule has 6 aromatic rings. The second-order valence-electron chi connectivity index (χ2n) is 21.9. The Morgan fingerprint density at radius 2 is 1.66 bits per heavy atom. The molecule has 1 atom stereocenters. The van der Waals surface area contributed by atoms with E-state index >= 15 is 0 Å². The zero-order valence-corrected chi connectivity index (χ0v) is 46.7. The predicted molar refractivity (Wildman–Crippen MR) is 304 cm³/mol. The van der Waals surface area contributed by atoms with Crippen molar-refractivity contribution in [3.63, 3.8) is 0 Å². The van der Waals surface area contributed by atoms with E-state index in [0.717, 1.165) is 90.4 Å². The Hall–Kier alpha value is -7.96. The molecule has 0 aliphatic carbocycles. The number of aromatic hydroxyl groups is 2. The van der Waals surface area contributed by atoms with E-state index in [1.165, 1.54) is 16.7 Å². The Morgan fingerprint density at radius 1 is 0.915 bits per heavy atom. The third kappa shape index (κ3) is 12.6. The van der Waals surface area contributed by atoms with Crippen LogP contribution in [0.25, 0.3) is 27.8 Å². The summed E-state index contributed by atoms with van der Waals surface area (Å²) in [5, 5.41) is 43.8. The number of fused-ring (bicyclic) bond motifs is 2. The molecule has 4 aromatic carbocycles. The lowest BCUT2D eigenvalue weighted by atomic mass is 9.88. The number of amides is 3. The molecule has 4 aliphatic rings. The highest BCUT2D eigenvalue weighted by molar-refractivity contribution is 6.36. The first kappa shape index (κ1) is 57.3. The van der Waals surface area contributed by atoms with Gasteiger partial charge in [-0.15, -0.1) is 10.2 Å². The molecule has 430 valence electrons. The topological polar surface area (TPSA) is 209 Å². The summed E-state index contributed by atoms with van der Waals surface area (Å²) in [5.41, 5.74) is 4.89. The number of hydrogen-bond donors (Lipinski definition) is 3. The predicted octanol–water partition coefficient (Wildman–Crippen LogP) is 8.61. The number of alkyl halides is 3. The number of nitrogens with zero attached hydrogens (tertiary/aromatic N) is 11. The van der Waals surface area contributed by atoms with E-state index in [1.807, 2.05) is 54.4 Å². The van der Waals surface area contributed by atoms with E-state index in [0.29, 0.717) is 87.6 Å². The Labute approximate surface area is 478 Å². The number of rotatable bonds is 16. The van der Waals surface area contributed by atoms with E-state index in [4.69, 9.17) is 26.3 Å². The largest absolute Gasteiger partial charge is 0.508 e. The molecular weight excluding hydrogens is 1080 g/mol. The number of piperidine rings is 2. The number of ether oxygens (including phenoxy) is 1. The normalized spacial score (nSPS) is 17.5. The fourth-order valence-corrected chi connectivity index (χ4v) is 12.2. The van der Waals surface area contributed by atoms with E-state index in [1.54, 1.807) is 17.0 Å². The second-order valence-corrected chi connectivity index (χ2v) is 22.3. The number of halogens is 4. The lowest BCUT2D eigenvalue weighted by Crippen LogP contribution is -2.55. The van der Waals surface area contributed by atoms with Crippen LogP contribution in [-0.4, -0.2) is 152 Å². The van der Waals surface area contributed by atoms with Crippen molar-refractivity contribution in [2.45, 2.75) is 83.5 Å². The van der Waals surface area contributed by atoms with Crippen molar-refractivity contribution in [1.29, 1.82) is 5.26 Å². The zero-order valence-electron chi connectivity index (χ0n) is 45.9. The van der Waals surface area contributed by atoms with Crippen LogP contribution in [0.5, 0.6) is 17.5 Å². The monoisotopic (exact) mass is 1140 g/mol. The number of nitrogens with one attached hydrogen (secondary N) is 1. The highest BCUT2D eigenvalue weighted by Gasteiger charge is 2.36. The summed E-state index contributed by atoms with van der Waals surface area (Å²) >= 11 is 6.79. The van der Waals surface area contributed by atoms with Crippen molar-refractivity contribution in [1.82, 2.24) is 44.7 Å². The number of carbonyl (C=O) groups excluding carboxylic acids is 3. The van der Waals surface area contributed by atoms with Gasteiger partial charge in [0.15, 0.2) is 5.82 Å². The number of likely N-dealkylation sites (tertiary alicyclic amines) is 2. The summed E-state index contributed by atoms with van der Waals surface area (Å²) in [6, 6.07) is 24.2. The van der Waals surface area contributed by atoms with E-state index in [9.17, 15) is 43.0 Å². The van der Waals surface area contributed by atoms with Crippen LogP contribution in [0, 0.1) is 23.2 Å². The number of anilines is 2. The van der Waals surface area contributed by atoms with Crippen LogP contribution in [-0.2, 0) is 29.0 Å². The molecular formula is C60H66ClF3N12O6. The highest BCUT2D eigenvalue weighted by atomic mass is 35.5. The van der Waals surface area contributed by atoms with E-state index in [2.05, 4.69) is 55.7 Å². The molecule has 10 rings (SSSR count). The van der Waals surface area contributed by atoms with Gasteiger partial charge in [0.05, 0.1) is 41.4 Å². The van der Waals surface area contributed by atoms with Gasteiger partial charge in [0.1, 0.15) is 30.5 Å². The lowest BCUT2D eigenvalue weighted by Gasteiger charge is -2.42. The molecule has 0 radical (unpaired) electrons. The van der Waals surface area contributed by atoms with Crippen LogP contribution < -0.4 is 19.9 Å². The maximum Gasteiger partial charge on any atom is 0.405 e. The van der Waals surface area contributed by atoms with E-state index < -0.39 is 24.5 Å². The molecule has 3 saturated heterocycles. The molecule has 0 bridgehead atoms. The number of phenols is 2. The Kier molecular flexibility index (Phi) is 17.2. The minimum absolute atomic E-state index is 0.00398. The summed E-state index contributed by atoms with van der Waals surface area (Å²) in [4.78, 5) is 60.4. The zero-order chi connectivity index (χ0) is 57.8. The number of hydrogen-bond acceptors (Lipinski definition) is 14. The van der Waals surface area contributed by atoms with Gasteiger partial charge < -0.3 is 39.9 Å². The van der Waals surface area contributed by atoms with Crippen LogP contribution >= 0.6 is 11.6 Å². The third-order valence-corrected chi connectivity index (χ3v) is 16.6. The summed E-state index contributed by atoms with van der Waals surface area (Å²) in [7, 11) is 0. The van der Waals surface area contributed by atoms with Crippen molar-refractivity contribution in [3.05, 3.63) is 119 Å². The number of phenolic OH excluding ortho intramolecular Hbond substituents is 2. The van der Waals surface area contributed by atoms with Crippen LogP contribution in [0.1, 0.15) is 84.9 Å². The van der Waals surface area contributed by atoms with Gasteiger partial charge in [0, 0.05) is 80.1 Å². The molecule has 82 heavy (non-hydrogen) atoms. The van der Waals surface area contributed by atoms with Gasteiger partial charge in [-0.3, -0.25) is 23.9 Å². The Morgan fingerprint density at radius 3 is 2.37 bits per heavy atom. The first-order chi connectivity index (χ1) is 39.5. The molecule has 18 nitrogen and oxygen atoms in total. The van der Waals surface area contributed by atoms with Gasteiger partial charge in [0.2, 0.25) is 17.6 Å². The SMILES string of the molecule is C=CC(=O)N1CCN(c2nc(OCCN3CCC(C(=O)N4CCC(Cc5ccc(-n6c(C(=O)NCC(F)(F)F)nnc6-c6cc(C(C)C)c(O)cc6O)cc5)CC4)CC3)nc3c2CCN(c2cccc4cccc(Cl)c24)C3)C[C@@H]1CC#N. The van der Waals surface area contributed by atoms with Crippen LogP contribution in [0.4, 0.5) is 24.7 Å². The average Bonchev–Trinajstić information content (AvgIpc) is 3.61. The maximum absolute atomic E-state index is 13.9. The molecule has 6 heterocycles. The van der Waals surface area contributed by atoms with Gasteiger partial charge in [-0.2, -0.15) is 28.4 Å². The van der Waals surface area contributed by atoms with Gasteiger partial charge in [0.25, 0.3) is 5.91 Å². The Balaban J connectivity index is 0.744. The van der Waals surface area contributed by atoms with Crippen molar-refractivity contribution in [2.24, 2.45) is 11.8 Å². The minimum Gasteiger partial charge on any atom is -0.508 e. The maximum atomic E-state index is 13.9. The van der Waals surface area contributed by atoms with Gasteiger partial charge in [-0.05, 0) is 116 Å². The molecule has 22 heteroatoms. The molecule has 0 spiro atoms. The number of piperazine rings is 1. The summed E-state index contributed by atoms with van der Waals surface area (Å²) in [6.45, 7) is 12.1. The van der Waals surface area contributed by atoms with Crippen LogP contribution in [0.3, 0.4) is 0 Å². The fourth-order valence-electron chi connectivity index (χ4n) is 11.9. The quantitative estimate of drug-likeness (QED) is 0.0776. The summed E-state index contributed by atoms with van der Waals surface area (Å²) in [6.07, 6.45) is 1.29. The molecule has 2 aromatic heterocycles. The highest BCUT2D eigenvalue weighted by Crippen LogP contribution is 2.40. The Bertz CT molecular complexity index is 3390. The smallest absolute Gasteiger partial charge is 0.405 e. The number of benzene rings is 4. The van der Waals surface area contributed by atoms with Gasteiger partial charge >= 0.3 is 12.2 Å². The first-order valence-corrected chi connectivity index (χ1v) is 28.3. The van der Waals surface area contributed by atoms with Crippen molar-refractivity contribution >= 4 is 51.6 Å². The third-order valence-electron chi connectivity index (χ3n) is 16.3. The number of aromatic nitrogens is 5. The minimum atomic E-state index is -4.66. The van der Waals surface area contributed by atoms with Crippen molar-refractivity contribution in [2.75, 3.05) is 81.9 Å².